The first-order chi connectivity index (χ1) is 8.53. The Labute approximate surface area is 109 Å². The number of nitrogens with two attached hydrogens (primary N) is 1. The van der Waals surface area contributed by atoms with Crippen molar-refractivity contribution in [1.82, 2.24) is 4.98 Å². The molecule has 0 amide bonds. The Kier molecular flexibility index (Phi) is 3.58. The number of hydrogen-bond acceptors (Lipinski definition) is 6. The lowest BCUT2D eigenvalue weighted by Crippen LogP contribution is -2.48. The van der Waals surface area contributed by atoms with Gasteiger partial charge in [-0.1, -0.05) is 23.9 Å². The lowest BCUT2D eigenvalue weighted by Gasteiger charge is -2.19. The summed E-state index contributed by atoms with van der Waals surface area (Å²) in [5, 5.41) is 0.497. The molecule has 2 aromatic rings. The average Bonchev–Trinajstić information content (AvgIpc) is 2.78. The summed E-state index contributed by atoms with van der Waals surface area (Å²) in [7, 11) is 1.32. The summed E-state index contributed by atoms with van der Waals surface area (Å²) in [5.74, 6) is -0.113. The molecule has 2 rings (SSSR count). The number of benzene rings is 1. The molecule has 1 aromatic heterocycles. The smallest absolute Gasteiger partial charge is 0.326 e. The SMILES string of the molecule is COC(=O)C(C)(N)CSc1nc2ccccc2o1. The van der Waals surface area contributed by atoms with Crippen LogP contribution < -0.4 is 5.73 Å². The Morgan fingerprint density at radius 2 is 2.28 bits per heavy atom. The van der Waals surface area contributed by atoms with E-state index in [9.17, 15) is 4.79 Å². The molecule has 1 unspecified atom stereocenters. The molecule has 6 heteroatoms. The number of hydrogen-bond donors (Lipinski definition) is 1. The van der Waals surface area contributed by atoms with E-state index in [0.717, 1.165) is 11.1 Å². The van der Waals surface area contributed by atoms with E-state index in [4.69, 9.17) is 10.2 Å². The van der Waals surface area contributed by atoms with Crippen LogP contribution in [0.25, 0.3) is 11.1 Å². The summed E-state index contributed by atoms with van der Waals surface area (Å²) in [6.45, 7) is 1.62. The van der Waals surface area contributed by atoms with Crippen LogP contribution in [0.4, 0.5) is 0 Å². The summed E-state index contributed by atoms with van der Waals surface area (Å²) >= 11 is 1.29. The minimum absolute atomic E-state index is 0.340. The fourth-order valence-electron chi connectivity index (χ4n) is 1.42. The zero-order valence-electron chi connectivity index (χ0n) is 10.2. The normalized spacial score (nSPS) is 14.4. The summed E-state index contributed by atoms with van der Waals surface area (Å²) in [5.41, 5.74) is 6.30. The third-order valence-corrected chi connectivity index (χ3v) is 3.59. The number of carbonyl (C=O) groups is 1. The fourth-order valence-corrected chi connectivity index (χ4v) is 2.27. The van der Waals surface area contributed by atoms with Gasteiger partial charge in [0.05, 0.1) is 7.11 Å². The Morgan fingerprint density at radius 1 is 1.56 bits per heavy atom. The molecule has 0 bridgehead atoms. The van der Waals surface area contributed by atoms with Crippen LogP contribution in [-0.2, 0) is 9.53 Å². The van der Waals surface area contributed by atoms with Crippen molar-refractivity contribution in [2.24, 2.45) is 5.73 Å². The first-order valence-electron chi connectivity index (χ1n) is 5.38. The van der Waals surface area contributed by atoms with Crippen LogP contribution in [0.1, 0.15) is 6.92 Å². The van der Waals surface area contributed by atoms with E-state index in [0.29, 0.717) is 11.0 Å². The molecule has 96 valence electrons. The highest BCUT2D eigenvalue weighted by Gasteiger charge is 2.30. The van der Waals surface area contributed by atoms with Gasteiger partial charge in [-0.05, 0) is 19.1 Å². The largest absolute Gasteiger partial charge is 0.468 e. The predicted molar refractivity (Wildman–Crippen MR) is 69.3 cm³/mol. The van der Waals surface area contributed by atoms with Crippen LogP contribution in [0.3, 0.4) is 0 Å². The second-order valence-electron chi connectivity index (χ2n) is 4.15. The van der Waals surface area contributed by atoms with Crippen LogP contribution in [0.5, 0.6) is 0 Å². The highest BCUT2D eigenvalue weighted by Crippen LogP contribution is 2.25. The number of esters is 1. The number of fused-ring (bicyclic) bond motifs is 1. The number of methoxy groups -OCH3 is 1. The molecule has 0 aliphatic heterocycles. The molecular weight excluding hydrogens is 252 g/mol. The van der Waals surface area contributed by atoms with Crippen molar-refractivity contribution in [2.75, 3.05) is 12.9 Å². The molecule has 0 saturated heterocycles. The zero-order valence-corrected chi connectivity index (χ0v) is 11.0. The third kappa shape index (κ3) is 2.65. The predicted octanol–water partition coefficient (Wildman–Crippen LogP) is 1.81. The first kappa shape index (κ1) is 12.9. The Balaban J connectivity index is 2.08. The summed E-state index contributed by atoms with van der Waals surface area (Å²) in [4.78, 5) is 15.7. The maximum Gasteiger partial charge on any atom is 0.326 e. The van der Waals surface area contributed by atoms with Gasteiger partial charge in [0.25, 0.3) is 5.22 Å². The molecule has 5 nitrogen and oxygen atoms in total. The molecule has 0 aliphatic rings. The van der Waals surface area contributed by atoms with Gasteiger partial charge in [0.1, 0.15) is 11.1 Å². The number of para-hydroxylation sites is 2. The molecule has 0 saturated carbocycles. The van der Waals surface area contributed by atoms with Gasteiger partial charge in [-0.3, -0.25) is 4.79 Å². The van der Waals surface area contributed by atoms with E-state index in [2.05, 4.69) is 9.72 Å². The number of oxazole rings is 1. The fraction of sp³-hybridized carbons (Fsp3) is 0.333. The van der Waals surface area contributed by atoms with Crippen LogP contribution in [0, 0.1) is 0 Å². The second-order valence-corrected chi connectivity index (χ2v) is 5.07. The van der Waals surface area contributed by atoms with Crippen LogP contribution >= 0.6 is 11.8 Å². The van der Waals surface area contributed by atoms with Crippen molar-refractivity contribution in [1.29, 1.82) is 0 Å². The van der Waals surface area contributed by atoms with E-state index in [1.807, 2.05) is 24.3 Å². The Hall–Kier alpha value is -1.53. The minimum atomic E-state index is -1.06. The van der Waals surface area contributed by atoms with Crippen molar-refractivity contribution in [3.63, 3.8) is 0 Å². The molecule has 1 atom stereocenters. The zero-order chi connectivity index (χ0) is 13.2. The van der Waals surface area contributed by atoms with Gasteiger partial charge in [-0.2, -0.15) is 0 Å². The summed E-state index contributed by atoms with van der Waals surface area (Å²) < 4.78 is 10.2. The van der Waals surface area contributed by atoms with Crippen molar-refractivity contribution >= 4 is 28.8 Å². The van der Waals surface area contributed by atoms with E-state index in [1.54, 1.807) is 6.92 Å². The molecule has 2 N–H and O–H groups in total. The molecule has 0 fully saturated rings. The molecule has 0 radical (unpaired) electrons. The van der Waals surface area contributed by atoms with E-state index in [1.165, 1.54) is 18.9 Å². The number of thioether (sulfide) groups is 1. The monoisotopic (exact) mass is 266 g/mol. The van der Waals surface area contributed by atoms with Crippen LogP contribution in [0.15, 0.2) is 33.9 Å². The van der Waals surface area contributed by atoms with Gasteiger partial charge in [0.2, 0.25) is 0 Å². The van der Waals surface area contributed by atoms with Gasteiger partial charge >= 0.3 is 5.97 Å². The van der Waals surface area contributed by atoms with Crippen molar-refractivity contribution < 1.29 is 13.9 Å². The van der Waals surface area contributed by atoms with Gasteiger partial charge < -0.3 is 14.9 Å². The Morgan fingerprint density at radius 3 is 2.94 bits per heavy atom. The molecule has 1 heterocycles. The number of rotatable bonds is 4. The van der Waals surface area contributed by atoms with Crippen molar-refractivity contribution in [3.8, 4) is 0 Å². The van der Waals surface area contributed by atoms with Crippen LogP contribution in [-0.4, -0.2) is 29.4 Å². The van der Waals surface area contributed by atoms with E-state index < -0.39 is 11.5 Å². The maximum absolute atomic E-state index is 11.4. The van der Waals surface area contributed by atoms with Gasteiger partial charge in [-0.15, -0.1) is 0 Å². The number of nitrogens with zero attached hydrogens (tertiary/aromatic N) is 1. The lowest BCUT2D eigenvalue weighted by molar-refractivity contribution is -0.145. The second kappa shape index (κ2) is 4.99. The number of ether oxygens (including phenoxy) is 1. The van der Waals surface area contributed by atoms with Crippen molar-refractivity contribution in [3.05, 3.63) is 24.3 Å². The third-order valence-electron chi connectivity index (χ3n) is 2.42. The van der Waals surface area contributed by atoms with Crippen LogP contribution in [0.2, 0.25) is 0 Å². The molecule has 0 aliphatic carbocycles. The highest BCUT2D eigenvalue weighted by atomic mass is 32.2. The van der Waals surface area contributed by atoms with E-state index in [-0.39, 0.29) is 0 Å². The first-order valence-corrected chi connectivity index (χ1v) is 6.37. The number of aromatic nitrogens is 1. The van der Waals surface area contributed by atoms with Crippen molar-refractivity contribution in [2.45, 2.75) is 17.7 Å². The maximum atomic E-state index is 11.4. The lowest BCUT2D eigenvalue weighted by atomic mass is 10.1. The molecule has 1 aromatic carbocycles. The summed E-state index contributed by atoms with van der Waals surface area (Å²) in [6.07, 6.45) is 0. The minimum Gasteiger partial charge on any atom is -0.468 e. The molecule has 0 spiro atoms. The Bertz CT molecular complexity index is 532. The molecule has 18 heavy (non-hydrogen) atoms. The van der Waals surface area contributed by atoms with E-state index >= 15 is 0 Å². The van der Waals surface area contributed by atoms with Gasteiger partial charge in [0, 0.05) is 5.75 Å². The molecular formula is C12H14N2O3S. The topological polar surface area (TPSA) is 78.4 Å². The average molecular weight is 266 g/mol. The number of carbonyl (C=O) groups excluding carboxylic acids is 1. The quantitative estimate of drug-likeness (QED) is 0.671. The highest BCUT2D eigenvalue weighted by molar-refractivity contribution is 7.99. The van der Waals surface area contributed by atoms with Gasteiger partial charge in [-0.25, -0.2) is 4.98 Å². The summed E-state index contributed by atoms with van der Waals surface area (Å²) in [6, 6.07) is 7.48. The standard InChI is InChI=1S/C12H14N2O3S/c1-12(13,10(15)16-2)7-18-11-14-8-5-3-4-6-9(8)17-11/h3-6H,7,13H2,1-2H3. The van der Waals surface area contributed by atoms with Gasteiger partial charge in [0.15, 0.2) is 5.58 Å².